The number of carbonyl (C=O) groups excluding carboxylic acids is 1. The van der Waals surface area contributed by atoms with Crippen LogP contribution in [0.25, 0.3) is 0 Å². The number of amides is 2. The minimum atomic E-state index is -2.81. The molecule has 0 aliphatic carbocycles. The van der Waals surface area contributed by atoms with E-state index in [4.69, 9.17) is 5.73 Å². The summed E-state index contributed by atoms with van der Waals surface area (Å²) in [5, 5.41) is 2.31. The Bertz CT molecular complexity index is 451. The molecule has 0 fully saturated rings. The molecule has 15 heavy (non-hydrogen) atoms. The summed E-state index contributed by atoms with van der Waals surface area (Å²) in [6.07, 6.45) is 0. The highest BCUT2D eigenvalue weighted by Gasteiger charge is 2.09. The number of carbonyl (C=O) groups is 1. The second-order valence-corrected chi connectivity index (χ2v) is 4.95. The van der Waals surface area contributed by atoms with E-state index in [1.807, 2.05) is 0 Å². The van der Waals surface area contributed by atoms with Gasteiger partial charge in [0, 0.05) is 17.6 Å². The Hall–Kier alpha value is -1.69. The minimum Gasteiger partial charge on any atom is -0.399 e. The standard InChI is InChI=1S/C9H13N3O2S/c1-11-9(13)12-15(2,14)8-5-3-7(10)4-6-8/h3-6H,2,10H2,1H3,(H2,11,12,13,14). The quantitative estimate of drug-likeness (QED) is 0.498. The largest absolute Gasteiger partial charge is 0.399 e. The highest BCUT2D eigenvalue weighted by molar-refractivity contribution is 7.99. The summed E-state index contributed by atoms with van der Waals surface area (Å²) in [6.45, 7) is 0. The van der Waals surface area contributed by atoms with E-state index in [9.17, 15) is 9.00 Å². The van der Waals surface area contributed by atoms with Crippen LogP contribution in [-0.4, -0.2) is 23.2 Å². The van der Waals surface area contributed by atoms with Crippen LogP contribution >= 0.6 is 0 Å². The summed E-state index contributed by atoms with van der Waals surface area (Å²) < 4.78 is 14.2. The molecule has 2 amide bonds. The average molecular weight is 227 g/mol. The minimum absolute atomic E-state index is 0.431. The fraction of sp³-hybridized carbons (Fsp3) is 0.111. The zero-order valence-corrected chi connectivity index (χ0v) is 9.14. The second kappa shape index (κ2) is 4.22. The number of anilines is 1. The van der Waals surface area contributed by atoms with Gasteiger partial charge in [-0.3, -0.25) is 4.72 Å². The number of hydrogen-bond acceptors (Lipinski definition) is 3. The van der Waals surface area contributed by atoms with E-state index in [1.165, 1.54) is 7.05 Å². The molecule has 0 heterocycles. The van der Waals surface area contributed by atoms with Gasteiger partial charge >= 0.3 is 6.03 Å². The summed E-state index contributed by atoms with van der Waals surface area (Å²) in [4.78, 5) is 11.4. The van der Waals surface area contributed by atoms with Crippen LogP contribution in [0.15, 0.2) is 29.2 Å². The van der Waals surface area contributed by atoms with Crippen LogP contribution in [0.2, 0.25) is 0 Å². The number of benzene rings is 1. The lowest BCUT2D eigenvalue weighted by Crippen LogP contribution is -2.37. The highest BCUT2D eigenvalue weighted by atomic mass is 32.2. The van der Waals surface area contributed by atoms with Crippen molar-refractivity contribution in [3.63, 3.8) is 0 Å². The van der Waals surface area contributed by atoms with E-state index in [0.29, 0.717) is 10.6 Å². The van der Waals surface area contributed by atoms with E-state index >= 15 is 0 Å². The van der Waals surface area contributed by atoms with Gasteiger partial charge in [0.2, 0.25) is 0 Å². The Morgan fingerprint density at radius 3 is 2.40 bits per heavy atom. The van der Waals surface area contributed by atoms with Crippen molar-refractivity contribution >= 4 is 27.3 Å². The van der Waals surface area contributed by atoms with E-state index < -0.39 is 15.7 Å². The van der Waals surface area contributed by atoms with Crippen molar-refractivity contribution in [1.29, 1.82) is 0 Å². The Kier molecular flexibility index (Phi) is 3.21. The maximum absolute atomic E-state index is 11.9. The molecule has 0 spiro atoms. The lowest BCUT2D eigenvalue weighted by atomic mass is 10.3. The topological polar surface area (TPSA) is 84.2 Å². The molecule has 82 valence electrons. The van der Waals surface area contributed by atoms with Crippen molar-refractivity contribution in [3.05, 3.63) is 24.3 Å². The van der Waals surface area contributed by atoms with Gasteiger partial charge in [-0.05, 0) is 30.1 Å². The van der Waals surface area contributed by atoms with Crippen LogP contribution in [0.3, 0.4) is 0 Å². The molecule has 0 radical (unpaired) electrons. The lowest BCUT2D eigenvalue weighted by Gasteiger charge is -2.10. The molecule has 0 bridgehead atoms. The van der Waals surface area contributed by atoms with Crippen molar-refractivity contribution < 1.29 is 9.00 Å². The van der Waals surface area contributed by atoms with Crippen molar-refractivity contribution in [2.24, 2.45) is 0 Å². The van der Waals surface area contributed by atoms with Crippen molar-refractivity contribution in [3.8, 4) is 0 Å². The first-order valence-electron chi connectivity index (χ1n) is 4.18. The van der Waals surface area contributed by atoms with Crippen LogP contribution in [0.1, 0.15) is 0 Å². The Labute approximate surface area is 88.8 Å². The smallest absolute Gasteiger partial charge is 0.326 e. The van der Waals surface area contributed by atoms with Crippen LogP contribution in [0.4, 0.5) is 10.5 Å². The Morgan fingerprint density at radius 1 is 1.40 bits per heavy atom. The van der Waals surface area contributed by atoms with E-state index in [1.54, 1.807) is 24.3 Å². The SMILES string of the molecule is C=S(=O)(NC(=O)NC)c1ccc(N)cc1. The molecule has 5 nitrogen and oxygen atoms in total. The summed E-state index contributed by atoms with van der Waals surface area (Å²) in [7, 11) is -1.37. The molecule has 0 aliphatic rings. The summed E-state index contributed by atoms with van der Waals surface area (Å²) in [6, 6.07) is 5.81. The van der Waals surface area contributed by atoms with Gasteiger partial charge in [0.05, 0.1) is 9.71 Å². The number of nitrogens with two attached hydrogens (primary N) is 1. The predicted octanol–water partition coefficient (Wildman–Crippen LogP) is 0.188. The molecule has 1 unspecified atom stereocenters. The van der Waals surface area contributed by atoms with Crippen molar-refractivity contribution in [2.45, 2.75) is 4.90 Å². The molecular formula is C9H13N3O2S. The molecule has 0 saturated heterocycles. The van der Waals surface area contributed by atoms with Gasteiger partial charge < -0.3 is 11.1 Å². The summed E-state index contributed by atoms with van der Waals surface area (Å²) in [5.41, 5.74) is 6.05. The maximum atomic E-state index is 11.9. The predicted molar refractivity (Wildman–Crippen MR) is 62.0 cm³/mol. The van der Waals surface area contributed by atoms with Gasteiger partial charge in [0.1, 0.15) is 0 Å². The molecule has 0 aromatic heterocycles. The molecule has 6 heteroatoms. The Morgan fingerprint density at radius 2 is 1.93 bits per heavy atom. The molecule has 0 aliphatic heterocycles. The number of urea groups is 1. The maximum Gasteiger partial charge on any atom is 0.326 e. The van der Waals surface area contributed by atoms with Crippen molar-refractivity contribution in [1.82, 2.24) is 10.0 Å². The van der Waals surface area contributed by atoms with Gasteiger partial charge in [-0.25, -0.2) is 9.00 Å². The molecule has 1 rings (SSSR count). The van der Waals surface area contributed by atoms with E-state index in [2.05, 4.69) is 15.9 Å². The monoisotopic (exact) mass is 227 g/mol. The third kappa shape index (κ3) is 2.88. The lowest BCUT2D eigenvalue weighted by molar-refractivity contribution is 0.248. The number of nitrogen functional groups attached to an aromatic ring is 1. The van der Waals surface area contributed by atoms with Crippen LogP contribution in [0.5, 0.6) is 0 Å². The zero-order chi connectivity index (χ0) is 11.5. The van der Waals surface area contributed by atoms with Gasteiger partial charge in [0.15, 0.2) is 0 Å². The van der Waals surface area contributed by atoms with Gasteiger partial charge in [-0.1, -0.05) is 0 Å². The van der Waals surface area contributed by atoms with Gasteiger partial charge in [0.25, 0.3) is 0 Å². The molecule has 1 aromatic carbocycles. The first-order valence-corrected chi connectivity index (χ1v) is 5.90. The van der Waals surface area contributed by atoms with Crippen LogP contribution < -0.4 is 15.8 Å². The average Bonchev–Trinajstić information content (AvgIpc) is 2.17. The first-order chi connectivity index (χ1) is 6.95. The zero-order valence-electron chi connectivity index (χ0n) is 8.32. The molecule has 0 saturated carbocycles. The fourth-order valence-electron chi connectivity index (χ4n) is 0.947. The molecule has 1 atom stereocenters. The normalized spacial score (nSPS) is 13.9. The second-order valence-electron chi connectivity index (χ2n) is 2.93. The third-order valence-corrected chi connectivity index (χ3v) is 3.29. The molecule has 1 aromatic rings. The third-order valence-electron chi connectivity index (χ3n) is 1.75. The molecular weight excluding hydrogens is 214 g/mol. The first kappa shape index (κ1) is 11.4. The highest BCUT2D eigenvalue weighted by Crippen LogP contribution is 2.10. The van der Waals surface area contributed by atoms with Crippen LogP contribution in [-0.2, 0) is 9.71 Å². The van der Waals surface area contributed by atoms with Gasteiger partial charge in [-0.2, -0.15) is 0 Å². The summed E-state index contributed by atoms with van der Waals surface area (Å²) >= 11 is 0. The van der Waals surface area contributed by atoms with E-state index in [0.717, 1.165) is 0 Å². The fourth-order valence-corrected chi connectivity index (χ4v) is 2.04. The number of hydrogen-bond donors (Lipinski definition) is 3. The Balaban J connectivity index is 2.96. The van der Waals surface area contributed by atoms with Gasteiger partial charge in [-0.15, -0.1) is 0 Å². The number of rotatable bonds is 2. The van der Waals surface area contributed by atoms with Crippen molar-refractivity contribution in [2.75, 3.05) is 12.8 Å². The molecule has 4 N–H and O–H groups in total. The number of nitrogens with one attached hydrogen (secondary N) is 2. The van der Waals surface area contributed by atoms with E-state index in [-0.39, 0.29) is 0 Å². The summed E-state index contributed by atoms with van der Waals surface area (Å²) in [5.74, 6) is 3.47. The van der Waals surface area contributed by atoms with Crippen LogP contribution in [0, 0.1) is 0 Å².